The molecule has 1 aromatic rings. The van der Waals surface area contributed by atoms with Gasteiger partial charge in [0.05, 0.1) is 0 Å². The zero-order valence-electron chi connectivity index (χ0n) is 7.29. The predicted molar refractivity (Wildman–Crippen MR) is 55.0 cm³/mol. The molecule has 4 N–H and O–H groups in total. The van der Waals surface area contributed by atoms with E-state index in [1.54, 1.807) is 24.3 Å². The average molecular weight is 210 g/mol. The van der Waals surface area contributed by atoms with Crippen LogP contribution in [-0.4, -0.2) is 20.2 Å². The van der Waals surface area contributed by atoms with Gasteiger partial charge in [-0.3, -0.25) is 4.90 Å². The zero-order chi connectivity index (χ0) is 10.3. The first-order chi connectivity index (χ1) is 6.63. The Morgan fingerprint density at radius 1 is 1.21 bits per heavy atom. The molecule has 0 aliphatic carbocycles. The molecule has 2 unspecified atom stereocenters. The number of fused-ring (bicyclic) bond motifs is 1. The summed E-state index contributed by atoms with van der Waals surface area (Å²) in [5, 5.41) is 19.5. The fraction of sp³-hybridized carbons (Fsp3) is 0.222. The van der Waals surface area contributed by atoms with Crippen LogP contribution in [0, 0.1) is 0 Å². The molecule has 0 saturated carbocycles. The standard InChI is InChI=1S/C9H10N2O2S/c10-9(14)11-7(12)5-3-1-2-4-6(5)8(11)13/h1-4,7-8,12-13H,(H2,10,14). The van der Waals surface area contributed by atoms with Gasteiger partial charge in [-0.1, -0.05) is 24.3 Å². The van der Waals surface area contributed by atoms with Gasteiger partial charge in [0.2, 0.25) is 0 Å². The molecular formula is C9H10N2O2S. The molecule has 1 aromatic carbocycles. The van der Waals surface area contributed by atoms with Crippen molar-refractivity contribution < 1.29 is 10.2 Å². The third-order valence-electron chi connectivity index (χ3n) is 2.33. The topological polar surface area (TPSA) is 69.7 Å². The van der Waals surface area contributed by atoms with E-state index in [4.69, 9.17) is 18.0 Å². The summed E-state index contributed by atoms with van der Waals surface area (Å²) in [4.78, 5) is 1.19. The molecule has 0 aromatic heterocycles. The number of hydrogen-bond acceptors (Lipinski definition) is 3. The van der Waals surface area contributed by atoms with Crippen molar-refractivity contribution in [2.75, 3.05) is 0 Å². The van der Waals surface area contributed by atoms with Crippen LogP contribution in [0.2, 0.25) is 0 Å². The van der Waals surface area contributed by atoms with Gasteiger partial charge in [-0.05, 0) is 12.2 Å². The van der Waals surface area contributed by atoms with Crippen LogP contribution in [0.15, 0.2) is 24.3 Å². The van der Waals surface area contributed by atoms with Gasteiger partial charge in [0.25, 0.3) is 0 Å². The van der Waals surface area contributed by atoms with E-state index in [9.17, 15) is 10.2 Å². The van der Waals surface area contributed by atoms with Crippen LogP contribution in [0.5, 0.6) is 0 Å². The maximum absolute atomic E-state index is 9.78. The van der Waals surface area contributed by atoms with Crippen LogP contribution in [0.25, 0.3) is 0 Å². The summed E-state index contributed by atoms with van der Waals surface area (Å²) in [5.41, 5.74) is 6.69. The minimum Gasteiger partial charge on any atom is -0.376 e. The maximum atomic E-state index is 9.78. The zero-order valence-corrected chi connectivity index (χ0v) is 8.11. The van der Waals surface area contributed by atoms with E-state index in [2.05, 4.69) is 0 Å². The first-order valence-corrected chi connectivity index (χ1v) is 4.56. The number of benzene rings is 1. The molecule has 0 saturated heterocycles. The molecule has 0 fully saturated rings. The first kappa shape index (κ1) is 9.39. The normalized spacial score (nSPS) is 24.9. The average Bonchev–Trinajstić information content (AvgIpc) is 2.41. The van der Waals surface area contributed by atoms with Gasteiger partial charge in [-0.25, -0.2) is 0 Å². The van der Waals surface area contributed by atoms with Crippen molar-refractivity contribution >= 4 is 17.3 Å². The summed E-state index contributed by atoms with van der Waals surface area (Å²) in [5.74, 6) is 0. The van der Waals surface area contributed by atoms with E-state index in [0.717, 1.165) is 0 Å². The number of nitrogens with zero attached hydrogens (tertiary/aromatic N) is 1. The van der Waals surface area contributed by atoms with E-state index in [-0.39, 0.29) is 5.11 Å². The van der Waals surface area contributed by atoms with Crippen molar-refractivity contribution in [3.63, 3.8) is 0 Å². The molecule has 2 rings (SSSR count). The maximum Gasteiger partial charge on any atom is 0.170 e. The summed E-state index contributed by atoms with van der Waals surface area (Å²) in [6.45, 7) is 0. The van der Waals surface area contributed by atoms with Crippen LogP contribution in [0.1, 0.15) is 23.6 Å². The van der Waals surface area contributed by atoms with Gasteiger partial charge in [0.15, 0.2) is 17.6 Å². The quantitative estimate of drug-likeness (QED) is 0.535. The molecule has 74 valence electrons. The van der Waals surface area contributed by atoms with Gasteiger partial charge in [0.1, 0.15) is 0 Å². The Bertz CT molecular complexity index is 354. The molecule has 1 heterocycles. The van der Waals surface area contributed by atoms with Crippen molar-refractivity contribution in [2.45, 2.75) is 12.5 Å². The number of thiocarbonyl (C=S) groups is 1. The third kappa shape index (κ3) is 1.18. The lowest BCUT2D eigenvalue weighted by Crippen LogP contribution is -2.36. The fourth-order valence-electron chi connectivity index (χ4n) is 1.66. The number of nitrogens with two attached hydrogens (primary N) is 1. The minimum absolute atomic E-state index is 0.0128. The van der Waals surface area contributed by atoms with Crippen LogP contribution in [0.3, 0.4) is 0 Å². The van der Waals surface area contributed by atoms with E-state index >= 15 is 0 Å². The van der Waals surface area contributed by atoms with Crippen LogP contribution < -0.4 is 5.73 Å². The van der Waals surface area contributed by atoms with Gasteiger partial charge < -0.3 is 15.9 Å². The molecule has 14 heavy (non-hydrogen) atoms. The number of hydrogen-bond donors (Lipinski definition) is 3. The lowest BCUT2D eigenvalue weighted by molar-refractivity contribution is -0.0330. The van der Waals surface area contributed by atoms with E-state index in [1.165, 1.54) is 4.90 Å². The summed E-state index contributed by atoms with van der Waals surface area (Å²) >= 11 is 4.74. The Hall–Kier alpha value is -1.17. The molecule has 0 radical (unpaired) electrons. The van der Waals surface area contributed by atoms with Gasteiger partial charge in [0, 0.05) is 11.1 Å². The Balaban J connectivity index is 2.48. The summed E-state index contributed by atoms with van der Waals surface area (Å²) in [6, 6.07) is 7.05. The number of aliphatic hydroxyl groups excluding tert-OH is 2. The molecule has 1 aliphatic rings. The van der Waals surface area contributed by atoms with E-state index < -0.39 is 12.5 Å². The molecule has 0 bridgehead atoms. The van der Waals surface area contributed by atoms with Crippen molar-refractivity contribution in [2.24, 2.45) is 5.73 Å². The first-order valence-electron chi connectivity index (χ1n) is 4.15. The third-order valence-corrected chi connectivity index (χ3v) is 2.54. The molecule has 2 atom stereocenters. The highest BCUT2D eigenvalue weighted by Crippen LogP contribution is 2.38. The summed E-state index contributed by atoms with van der Waals surface area (Å²) in [6.07, 6.45) is -1.89. The largest absolute Gasteiger partial charge is 0.376 e. The summed E-state index contributed by atoms with van der Waals surface area (Å²) in [7, 11) is 0. The monoisotopic (exact) mass is 210 g/mol. The second-order valence-corrected chi connectivity index (χ2v) is 3.54. The SMILES string of the molecule is NC(=S)N1C(O)c2ccccc2C1O. The van der Waals surface area contributed by atoms with Gasteiger partial charge >= 0.3 is 0 Å². The highest BCUT2D eigenvalue weighted by molar-refractivity contribution is 7.80. The van der Waals surface area contributed by atoms with Crippen LogP contribution >= 0.6 is 12.2 Å². The molecule has 5 heteroatoms. The smallest absolute Gasteiger partial charge is 0.170 e. The fourth-order valence-corrected chi connectivity index (χ4v) is 1.86. The minimum atomic E-state index is -0.946. The highest BCUT2D eigenvalue weighted by Gasteiger charge is 2.36. The van der Waals surface area contributed by atoms with Crippen LogP contribution in [0.4, 0.5) is 0 Å². The van der Waals surface area contributed by atoms with Gasteiger partial charge in [-0.2, -0.15) is 0 Å². The molecular weight excluding hydrogens is 200 g/mol. The number of aliphatic hydroxyl groups is 2. The molecule has 4 nitrogen and oxygen atoms in total. The van der Waals surface area contributed by atoms with Crippen molar-refractivity contribution in [3.8, 4) is 0 Å². The Labute approximate surface area is 86.6 Å². The molecule has 0 spiro atoms. The van der Waals surface area contributed by atoms with E-state index in [1.807, 2.05) is 0 Å². The Morgan fingerprint density at radius 3 is 2.00 bits per heavy atom. The van der Waals surface area contributed by atoms with Crippen molar-refractivity contribution in [3.05, 3.63) is 35.4 Å². The van der Waals surface area contributed by atoms with Crippen molar-refractivity contribution in [1.29, 1.82) is 0 Å². The lowest BCUT2D eigenvalue weighted by Gasteiger charge is -2.24. The summed E-state index contributed by atoms with van der Waals surface area (Å²) < 4.78 is 0. The second-order valence-electron chi connectivity index (χ2n) is 3.12. The number of rotatable bonds is 0. The van der Waals surface area contributed by atoms with Crippen LogP contribution in [-0.2, 0) is 0 Å². The Kier molecular flexibility index (Phi) is 2.14. The van der Waals surface area contributed by atoms with Crippen molar-refractivity contribution in [1.82, 2.24) is 4.90 Å². The second kappa shape index (κ2) is 3.20. The predicted octanol–water partition coefficient (Wildman–Crippen LogP) is 0.228. The molecule has 1 aliphatic heterocycles. The Morgan fingerprint density at radius 2 is 1.64 bits per heavy atom. The van der Waals surface area contributed by atoms with Gasteiger partial charge in [-0.15, -0.1) is 0 Å². The highest BCUT2D eigenvalue weighted by atomic mass is 32.1. The lowest BCUT2D eigenvalue weighted by atomic mass is 10.1. The molecule has 0 amide bonds. The van der Waals surface area contributed by atoms with E-state index in [0.29, 0.717) is 11.1 Å².